The molecule has 1 saturated carbocycles. The number of fused-ring (bicyclic) bond motifs is 1. The van der Waals surface area contributed by atoms with Gasteiger partial charge in [-0.25, -0.2) is 19.2 Å². The van der Waals surface area contributed by atoms with Gasteiger partial charge in [-0.15, -0.1) is 0 Å². The van der Waals surface area contributed by atoms with E-state index in [2.05, 4.69) is 25.0 Å². The number of likely N-dealkylation sites (tertiary alicyclic amines) is 1. The Kier molecular flexibility index (Phi) is 9.68. The summed E-state index contributed by atoms with van der Waals surface area (Å²) in [6.45, 7) is 12.4. The number of nitrogens with zero attached hydrogens (tertiary/aromatic N) is 4. The van der Waals surface area contributed by atoms with E-state index in [1.807, 2.05) is 11.5 Å². The van der Waals surface area contributed by atoms with Crippen LogP contribution < -0.4 is 14.8 Å². The van der Waals surface area contributed by atoms with Crippen molar-refractivity contribution < 1.29 is 33.3 Å². The molecule has 0 unspecified atom stereocenters. The average Bonchev–Trinajstić information content (AvgIpc) is 3.76. The van der Waals surface area contributed by atoms with Gasteiger partial charge in [-0.1, -0.05) is 19.6 Å². The number of carboxylic acid groups (broad SMARTS) is 1. The molecule has 1 aliphatic carbocycles. The molecule has 11 nitrogen and oxygen atoms in total. The van der Waals surface area contributed by atoms with E-state index in [9.17, 15) is 14.7 Å². The maximum Gasteiger partial charge on any atom is 0.407 e. The predicted molar refractivity (Wildman–Crippen MR) is 171 cm³/mol. The topological polar surface area (TPSA) is 128 Å². The minimum absolute atomic E-state index is 0.0711. The Hall–Kier alpha value is -3.71. The van der Waals surface area contributed by atoms with E-state index in [-0.39, 0.29) is 24.4 Å². The fraction of sp³-hybridized carbons (Fsp3) is 0.562. The molecule has 0 spiro atoms. The summed E-state index contributed by atoms with van der Waals surface area (Å²) >= 11 is 0. The third-order valence-corrected chi connectivity index (χ3v) is 10.2. The number of aryl methyl sites for hydroxylation is 1. The third kappa shape index (κ3) is 7.58. The van der Waals surface area contributed by atoms with E-state index < -0.39 is 20.0 Å². The number of nitrogens with one attached hydrogen (secondary N) is 1. The lowest BCUT2D eigenvalue weighted by molar-refractivity contribution is 0.0874. The minimum Gasteiger partial charge on any atom is -0.494 e. The maximum atomic E-state index is 15.3. The number of carbonyl (C=O) groups is 2. The summed E-state index contributed by atoms with van der Waals surface area (Å²) in [5.74, 6) is 0.541. The number of benzene rings is 1. The molecule has 1 saturated heterocycles. The number of aromatic nitrogens is 3. The van der Waals surface area contributed by atoms with E-state index in [1.54, 1.807) is 13.0 Å². The van der Waals surface area contributed by atoms with Crippen molar-refractivity contribution in [1.29, 1.82) is 0 Å². The number of ether oxygens (including phenoxy) is 3. The van der Waals surface area contributed by atoms with Crippen LogP contribution in [0, 0.1) is 25.6 Å². The number of halogens is 1. The first-order valence-electron chi connectivity index (χ1n) is 15.6. The van der Waals surface area contributed by atoms with Crippen molar-refractivity contribution in [2.24, 2.45) is 5.92 Å². The highest BCUT2D eigenvalue weighted by molar-refractivity contribution is 6.76. The highest BCUT2D eigenvalue weighted by Gasteiger charge is 2.30. The van der Waals surface area contributed by atoms with Crippen LogP contribution in [0.5, 0.6) is 11.5 Å². The zero-order valence-electron chi connectivity index (χ0n) is 27.0. The van der Waals surface area contributed by atoms with Crippen LogP contribution in [0.2, 0.25) is 25.7 Å². The predicted octanol–water partition coefficient (Wildman–Crippen LogP) is 5.84. The molecular formula is C32H44FN5O6Si. The number of hydrogen-bond acceptors (Lipinski definition) is 7. The smallest absolute Gasteiger partial charge is 0.407 e. The van der Waals surface area contributed by atoms with E-state index in [1.165, 1.54) is 18.1 Å². The molecule has 1 aliphatic heterocycles. The molecule has 0 bridgehead atoms. The SMILES string of the molecule is COc1cc(OCC2CC2)c(-c2nc(C)nc3c(C(=O)NC4CCN(C(=O)O)CC4)c(C)n(COCC[Si](C)(C)C)c23)cc1F. The summed E-state index contributed by atoms with van der Waals surface area (Å²) in [5.41, 5.74) is 2.91. The molecule has 13 heteroatoms. The molecule has 0 radical (unpaired) electrons. The van der Waals surface area contributed by atoms with E-state index in [0.717, 1.165) is 18.9 Å². The van der Waals surface area contributed by atoms with Crippen LogP contribution in [-0.2, 0) is 11.5 Å². The van der Waals surface area contributed by atoms with Crippen LogP contribution in [0.4, 0.5) is 9.18 Å². The van der Waals surface area contributed by atoms with Crippen molar-refractivity contribution in [3.8, 4) is 22.8 Å². The largest absolute Gasteiger partial charge is 0.494 e. The Morgan fingerprint density at radius 3 is 2.42 bits per heavy atom. The molecule has 244 valence electrons. The Bertz CT molecular complexity index is 1580. The normalized spacial score (nSPS) is 15.8. The molecule has 3 aromatic rings. The second-order valence-electron chi connectivity index (χ2n) is 13.3. The van der Waals surface area contributed by atoms with Crippen LogP contribution in [0.15, 0.2) is 12.1 Å². The van der Waals surface area contributed by atoms with Crippen molar-refractivity contribution in [3.05, 3.63) is 35.0 Å². The van der Waals surface area contributed by atoms with Gasteiger partial charge in [0.05, 0.1) is 24.8 Å². The number of piperidine rings is 1. The molecule has 2 fully saturated rings. The van der Waals surface area contributed by atoms with Gasteiger partial charge in [0.2, 0.25) is 0 Å². The standard InChI is InChI=1S/C32H44FN5O6Si/c1-19-27(31(39)36-22-9-11-37(12-10-22)32(40)41)29-30(38(19)18-43-13-14-45(4,5)6)28(34-20(2)35-29)23-15-24(33)26(42-3)16-25(23)44-17-21-7-8-21/h15-16,21-22H,7-14,17-18H2,1-6H3,(H,36,39)(H,40,41). The summed E-state index contributed by atoms with van der Waals surface area (Å²) in [6, 6.07) is 3.72. The van der Waals surface area contributed by atoms with Crippen molar-refractivity contribution in [3.63, 3.8) is 0 Å². The second-order valence-corrected chi connectivity index (χ2v) is 18.9. The van der Waals surface area contributed by atoms with Gasteiger partial charge in [-0.3, -0.25) is 4.79 Å². The van der Waals surface area contributed by atoms with E-state index in [4.69, 9.17) is 24.2 Å². The van der Waals surface area contributed by atoms with Crippen molar-refractivity contribution >= 4 is 31.1 Å². The van der Waals surface area contributed by atoms with Crippen molar-refractivity contribution in [1.82, 2.24) is 24.8 Å². The van der Waals surface area contributed by atoms with E-state index >= 15 is 4.39 Å². The molecule has 2 aromatic heterocycles. The molecule has 45 heavy (non-hydrogen) atoms. The quantitative estimate of drug-likeness (QED) is 0.187. The summed E-state index contributed by atoms with van der Waals surface area (Å²) < 4.78 is 34.9. The van der Waals surface area contributed by atoms with Crippen LogP contribution in [0.3, 0.4) is 0 Å². The lowest BCUT2D eigenvalue weighted by Crippen LogP contribution is -2.46. The lowest BCUT2D eigenvalue weighted by Gasteiger charge is -2.30. The molecule has 3 heterocycles. The Morgan fingerprint density at radius 1 is 1.09 bits per heavy atom. The monoisotopic (exact) mass is 641 g/mol. The van der Waals surface area contributed by atoms with Crippen molar-refractivity contribution in [2.45, 2.75) is 78.0 Å². The molecule has 2 aliphatic rings. The van der Waals surface area contributed by atoms with Gasteiger partial charge in [-0.2, -0.15) is 0 Å². The van der Waals surface area contributed by atoms with Crippen LogP contribution in [-0.4, -0.2) is 84.1 Å². The number of hydrogen-bond donors (Lipinski definition) is 2. The average molecular weight is 642 g/mol. The molecular weight excluding hydrogens is 597 g/mol. The van der Waals surface area contributed by atoms with Crippen LogP contribution in [0.1, 0.15) is 47.6 Å². The van der Waals surface area contributed by atoms with Gasteiger partial charge in [0.1, 0.15) is 29.5 Å². The molecule has 0 atom stereocenters. The molecule has 2 amide bonds. The minimum atomic E-state index is -1.35. The Balaban J connectivity index is 1.59. The van der Waals surface area contributed by atoms with Crippen molar-refractivity contribution in [2.75, 3.05) is 33.4 Å². The highest BCUT2D eigenvalue weighted by Crippen LogP contribution is 2.41. The van der Waals surface area contributed by atoms with Gasteiger partial charge < -0.3 is 34.1 Å². The summed E-state index contributed by atoms with van der Waals surface area (Å²) in [6.07, 6.45) is 2.26. The summed E-state index contributed by atoms with van der Waals surface area (Å²) in [5, 5.41) is 12.4. The van der Waals surface area contributed by atoms with Gasteiger partial charge >= 0.3 is 6.09 Å². The first-order chi connectivity index (χ1) is 21.4. The third-order valence-electron chi connectivity index (χ3n) is 8.49. The summed E-state index contributed by atoms with van der Waals surface area (Å²) in [4.78, 5) is 36.2. The van der Waals surface area contributed by atoms with Gasteiger partial charge in [0.25, 0.3) is 5.91 Å². The van der Waals surface area contributed by atoms with E-state index in [0.29, 0.717) is 90.2 Å². The molecule has 1 aromatic carbocycles. The molecule has 2 N–H and O–H groups in total. The maximum absolute atomic E-state index is 15.3. The first kappa shape index (κ1) is 32.7. The number of methoxy groups -OCH3 is 1. The lowest BCUT2D eigenvalue weighted by atomic mass is 10.0. The molecule has 5 rings (SSSR count). The zero-order chi connectivity index (χ0) is 32.5. The highest BCUT2D eigenvalue weighted by atomic mass is 28.3. The van der Waals surface area contributed by atoms with Gasteiger partial charge in [-0.05, 0) is 57.6 Å². The fourth-order valence-corrected chi connectivity index (χ4v) is 6.34. The summed E-state index contributed by atoms with van der Waals surface area (Å²) in [7, 11) is 0.0620. The second kappa shape index (κ2) is 13.3. The van der Waals surface area contributed by atoms with Crippen LogP contribution >= 0.6 is 0 Å². The van der Waals surface area contributed by atoms with Gasteiger partial charge in [0.15, 0.2) is 11.6 Å². The number of rotatable bonds is 12. The van der Waals surface area contributed by atoms with Gasteiger partial charge in [0, 0.05) is 51.1 Å². The Labute approximate surface area is 264 Å². The fourth-order valence-electron chi connectivity index (χ4n) is 5.59. The number of amides is 2. The van der Waals surface area contributed by atoms with Crippen LogP contribution in [0.25, 0.3) is 22.3 Å². The number of carbonyl (C=O) groups excluding carboxylic acids is 1. The zero-order valence-corrected chi connectivity index (χ0v) is 28.0. The Morgan fingerprint density at radius 2 is 1.80 bits per heavy atom. The first-order valence-corrected chi connectivity index (χ1v) is 19.3.